The number of halogens is 9. The maximum Gasteiger partial charge on any atom is 0.430 e. The minimum atomic E-state index is -5.19. The molecular weight excluding hydrogens is 623 g/mol. The highest BCUT2D eigenvalue weighted by Crippen LogP contribution is 2.32. The Hall–Kier alpha value is -4.39. The zero-order valence-corrected chi connectivity index (χ0v) is 22.0. The summed E-state index contributed by atoms with van der Waals surface area (Å²) >= 11 is 0. The number of aromatic amines is 1. The molecule has 1 saturated heterocycles. The molecule has 4 N–H and O–H groups in total. The van der Waals surface area contributed by atoms with Crippen LogP contribution in [0, 0.1) is 0 Å². The number of carbonyl (C=O) groups is 3. The number of rotatable bonds is 5. The first-order chi connectivity index (χ1) is 20.2. The molecule has 1 aliphatic heterocycles. The normalized spacial score (nSPS) is 17.5. The van der Waals surface area contributed by atoms with Crippen LogP contribution in [-0.4, -0.2) is 65.7 Å². The van der Waals surface area contributed by atoms with E-state index in [2.05, 4.69) is 10.3 Å². The van der Waals surface area contributed by atoms with Crippen LogP contribution in [0.4, 0.5) is 39.5 Å². The zero-order chi connectivity index (χ0) is 33.5. The summed E-state index contributed by atoms with van der Waals surface area (Å²) in [7, 11) is 0. The number of imidazole rings is 1. The van der Waals surface area contributed by atoms with Gasteiger partial charge in [0.2, 0.25) is 5.69 Å². The molecule has 3 atom stereocenters. The van der Waals surface area contributed by atoms with Crippen LogP contribution in [0.2, 0.25) is 0 Å². The molecule has 3 unspecified atom stereocenters. The topological polar surface area (TPSA) is 154 Å². The average molecular weight is 646 g/mol. The minimum Gasteiger partial charge on any atom is -0.542 e. The number of carboxylic acids is 2. The highest BCUT2D eigenvalue weighted by Gasteiger charge is 2.43. The van der Waals surface area contributed by atoms with Crippen molar-refractivity contribution in [3.8, 4) is 0 Å². The molecule has 19 heteroatoms. The van der Waals surface area contributed by atoms with Gasteiger partial charge in [0.25, 0.3) is 5.91 Å². The molecule has 2 aromatic heterocycles. The van der Waals surface area contributed by atoms with Gasteiger partial charge in [-0.3, -0.25) is 4.79 Å². The summed E-state index contributed by atoms with van der Waals surface area (Å²) in [4.78, 5) is 34.6. The van der Waals surface area contributed by atoms with Crippen molar-refractivity contribution in [3.63, 3.8) is 0 Å². The summed E-state index contributed by atoms with van der Waals surface area (Å²) < 4.78 is 106. The molecule has 0 aliphatic carbocycles. The third-order valence-corrected chi connectivity index (χ3v) is 5.87. The van der Waals surface area contributed by atoms with Crippen molar-refractivity contribution >= 4 is 23.4 Å². The number of aliphatic hydroxyl groups excluding tert-OH is 1. The molecule has 3 heterocycles. The summed E-state index contributed by atoms with van der Waals surface area (Å²) in [6.07, 6.45) is -12.9. The largest absolute Gasteiger partial charge is 0.542 e. The highest BCUT2D eigenvalue weighted by atomic mass is 19.4. The summed E-state index contributed by atoms with van der Waals surface area (Å²) in [6.45, 7) is 1.91. The first-order valence-corrected chi connectivity index (χ1v) is 12.2. The molecule has 0 radical (unpaired) electrons. The first-order valence-electron chi connectivity index (χ1n) is 12.2. The van der Waals surface area contributed by atoms with Gasteiger partial charge >= 0.3 is 24.4 Å². The minimum absolute atomic E-state index is 0.0300. The van der Waals surface area contributed by atoms with Gasteiger partial charge < -0.3 is 35.1 Å². The number of alkyl halides is 9. The van der Waals surface area contributed by atoms with E-state index in [1.807, 2.05) is 0 Å². The SMILES string of the molecule is O=C(NC(c1ccccc1)C(F)(F)F)c1[nH]c(C[NH+]2CCC(O)C2)[n+]2ccccc12.O=C([O-])C(F)(F)F.O=C([O-])C(F)(F)F. The number of H-pyrrole nitrogens is 1. The molecule has 1 aromatic carbocycles. The summed E-state index contributed by atoms with van der Waals surface area (Å²) in [5.74, 6) is -6.14. The van der Waals surface area contributed by atoms with Crippen LogP contribution in [0.3, 0.4) is 0 Å². The molecule has 10 nitrogen and oxygen atoms in total. The third kappa shape index (κ3) is 10.4. The predicted molar refractivity (Wildman–Crippen MR) is 124 cm³/mol. The highest BCUT2D eigenvalue weighted by molar-refractivity contribution is 5.98. The van der Waals surface area contributed by atoms with E-state index in [0.717, 1.165) is 11.4 Å². The number of likely N-dealkylation sites (tertiary alicyclic amines) is 1. The number of nitrogens with zero attached hydrogens (tertiary/aromatic N) is 1. The zero-order valence-electron chi connectivity index (χ0n) is 22.0. The monoisotopic (exact) mass is 646 g/mol. The lowest BCUT2D eigenvalue weighted by atomic mass is 10.1. The Morgan fingerprint density at radius 3 is 1.91 bits per heavy atom. The van der Waals surface area contributed by atoms with Gasteiger partial charge in [0.1, 0.15) is 24.6 Å². The van der Waals surface area contributed by atoms with Crippen LogP contribution in [0.5, 0.6) is 0 Å². The fraction of sp³-hybridized carbons (Fsp3) is 0.360. The third-order valence-electron chi connectivity index (χ3n) is 5.87. The average Bonchev–Trinajstić information content (AvgIpc) is 3.50. The second-order valence-corrected chi connectivity index (χ2v) is 9.16. The number of carbonyl (C=O) groups excluding carboxylic acids is 3. The number of quaternary nitrogens is 1. The Morgan fingerprint density at radius 1 is 0.932 bits per heavy atom. The van der Waals surface area contributed by atoms with E-state index in [4.69, 9.17) is 19.8 Å². The number of aromatic nitrogens is 2. The fourth-order valence-corrected chi connectivity index (χ4v) is 3.96. The lowest BCUT2D eigenvalue weighted by Crippen LogP contribution is -3.09. The Bertz CT molecular complexity index is 1400. The van der Waals surface area contributed by atoms with Crippen LogP contribution >= 0.6 is 0 Å². The maximum atomic E-state index is 13.7. The molecule has 3 aromatic rings. The fourth-order valence-electron chi connectivity index (χ4n) is 3.96. The Kier molecular flexibility index (Phi) is 11.7. The van der Waals surface area contributed by atoms with Crippen LogP contribution < -0.4 is 24.8 Å². The Balaban J connectivity index is 0.000000402. The number of aliphatic hydroxyl groups is 1. The van der Waals surface area contributed by atoms with Crippen molar-refractivity contribution in [3.05, 3.63) is 71.8 Å². The number of aliphatic carboxylic acids is 2. The number of fused-ring (bicyclic) bond motifs is 1. The maximum absolute atomic E-state index is 13.7. The van der Waals surface area contributed by atoms with E-state index in [9.17, 15) is 49.4 Å². The standard InChI is InChI=1S/C21H21F3N4O2.2C2HF3O2/c22-21(23,24)19(14-6-2-1-3-7-14)26-20(30)18-16-8-4-5-10-28(16)17(25-18)13-27-11-9-15(29)12-27;2*3-2(4,5)1(6)7/h1-8,10,15,19,29H,9,11-13H2,(H,26,30);2*(H,6,7). The Labute approximate surface area is 241 Å². The van der Waals surface area contributed by atoms with Gasteiger partial charge in [-0.25, -0.2) is 4.98 Å². The molecule has 242 valence electrons. The van der Waals surface area contributed by atoms with Gasteiger partial charge in [-0.05, 0) is 17.7 Å². The lowest BCUT2D eigenvalue weighted by molar-refractivity contribution is -0.908. The second kappa shape index (κ2) is 14.4. The van der Waals surface area contributed by atoms with Crippen LogP contribution in [0.25, 0.3) is 5.52 Å². The number of pyridine rings is 1. The van der Waals surface area contributed by atoms with Gasteiger partial charge in [0.05, 0.1) is 12.7 Å². The van der Waals surface area contributed by atoms with E-state index >= 15 is 0 Å². The van der Waals surface area contributed by atoms with Gasteiger partial charge in [-0.2, -0.15) is 43.9 Å². The number of hydrogen-bond acceptors (Lipinski definition) is 6. The van der Waals surface area contributed by atoms with Crippen molar-refractivity contribution in [2.24, 2.45) is 0 Å². The summed E-state index contributed by atoms with van der Waals surface area (Å²) in [5, 5.41) is 29.5. The quantitative estimate of drug-likeness (QED) is 0.217. The molecule has 0 bridgehead atoms. The van der Waals surface area contributed by atoms with Crippen LogP contribution in [0.15, 0.2) is 54.7 Å². The molecule has 1 amide bonds. The molecular formula is C25H23F9N4O6. The molecule has 0 saturated carbocycles. The number of amides is 1. The van der Waals surface area contributed by atoms with E-state index in [1.165, 1.54) is 24.3 Å². The first kappa shape index (κ1) is 35.8. The number of hydrogen-bond donors (Lipinski definition) is 4. The van der Waals surface area contributed by atoms with Crippen molar-refractivity contribution in [2.75, 3.05) is 13.1 Å². The second-order valence-electron chi connectivity index (χ2n) is 9.16. The van der Waals surface area contributed by atoms with Crippen LogP contribution in [-0.2, 0) is 16.1 Å². The summed E-state index contributed by atoms with van der Waals surface area (Å²) in [5.41, 5.74) is 0.547. The molecule has 1 aliphatic rings. The van der Waals surface area contributed by atoms with E-state index < -0.39 is 42.4 Å². The van der Waals surface area contributed by atoms with E-state index in [1.54, 1.807) is 34.9 Å². The number of nitrogens with one attached hydrogen (secondary N) is 3. The smallest absolute Gasteiger partial charge is 0.430 e. The molecule has 44 heavy (non-hydrogen) atoms. The van der Waals surface area contributed by atoms with Gasteiger partial charge in [-0.15, -0.1) is 0 Å². The van der Waals surface area contributed by atoms with Gasteiger partial charge in [0, 0.05) is 6.42 Å². The van der Waals surface area contributed by atoms with Crippen molar-refractivity contribution in [2.45, 2.75) is 43.6 Å². The van der Waals surface area contributed by atoms with Crippen molar-refractivity contribution in [1.82, 2.24) is 10.3 Å². The Morgan fingerprint density at radius 2 is 1.45 bits per heavy atom. The number of benzene rings is 1. The van der Waals surface area contributed by atoms with Crippen molar-refractivity contribution in [1.29, 1.82) is 0 Å². The lowest BCUT2D eigenvalue weighted by Gasteiger charge is -2.21. The van der Waals surface area contributed by atoms with Crippen molar-refractivity contribution < 1.29 is 78.5 Å². The van der Waals surface area contributed by atoms with Gasteiger partial charge in [0.15, 0.2) is 18.1 Å². The van der Waals surface area contributed by atoms with Gasteiger partial charge in [-0.1, -0.05) is 36.4 Å². The van der Waals surface area contributed by atoms with Crippen LogP contribution in [0.1, 0.15) is 34.3 Å². The predicted octanol–water partition coefficient (Wildman–Crippen LogP) is -0.466. The molecule has 4 rings (SSSR count). The van der Waals surface area contributed by atoms with E-state index in [-0.39, 0.29) is 17.4 Å². The number of carboxylic acid groups (broad SMARTS) is 2. The summed E-state index contributed by atoms with van der Waals surface area (Å²) in [6, 6.07) is 10.4. The molecule has 0 spiro atoms. The van der Waals surface area contributed by atoms with E-state index in [0.29, 0.717) is 30.9 Å². The molecule has 1 fully saturated rings.